The van der Waals surface area contributed by atoms with E-state index < -0.39 is 18.6 Å². The number of nitrogens with one attached hydrogen (secondary N) is 1. The summed E-state index contributed by atoms with van der Waals surface area (Å²) in [5, 5.41) is 13.1. The summed E-state index contributed by atoms with van der Waals surface area (Å²) in [5.74, 6) is -0.334. The Morgan fingerprint density at radius 3 is 2.55 bits per heavy atom. The highest BCUT2D eigenvalue weighted by Gasteiger charge is 2.26. The second-order valence-corrected chi connectivity index (χ2v) is 5.87. The van der Waals surface area contributed by atoms with Crippen molar-refractivity contribution >= 4 is 0 Å². The molecule has 22 heavy (non-hydrogen) atoms. The van der Waals surface area contributed by atoms with Crippen molar-refractivity contribution in [1.82, 2.24) is 5.32 Å². The molecule has 4 nitrogen and oxygen atoms in total. The fraction of sp³-hybridized carbons (Fsp3) is 0.647. The highest BCUT2D eigenvalue weighted by atomic mass is 19.1. The predicted molar refractivity (Wildman–Crippen MR) is 82.7 cm³/mol. The van der Waals surface area contributed by atoms with Crippen LogP contribution >= 0.6 is 0 Å². The molecular weight excluding hydrogens is 285 g/mol. The molecule has 2 N–H and O–H groups in total. The molecule has 0 amide bonds. The second kappa shape index (κ2) is 8.58. The zero-order valence-corrected chi connectivity index (χ0v) is 13.3. The number of methoxy groups -OCH3 is 1. The number of hydrogen-bond acceptors (Lipinski definition) is 4. The third-order valence-electron chi connectivity index (χ3n) is 4.22. The Balaban J connectivity index is 1.91. The molecule has 0 heterocycles. The Morgan fingerprint density at radius 2 is 1.91 bits per heavy atom. The van der Waals surface area contributed by atoms with Crippen molar-refractivity contribution in [2.45, 2.75) is 63.7 Å². The molecule has 0 aromatic heterocycles. The van der Waals surface area contributed by atoms with Gasteiger partial charge < -0.3 is 14.6 Å². The van der Waals surface area contributed by atoms with Crippen molar-refractivity contribution < 1.29 is 19.0 Å². The van der Waals surface area contributed by atoms with Crippen molar-refractivity contribution in [1.29, 1.82) is 0 Å². The number of aliphatic hydroxyl groups is 1. The first-order valence-corrected chi connectivity index (χ1v) is 7.98. The van der Waals surface area contributed by atoms with Crippen LogP contribution in [0.1, 0.15) is 50.7 Å². The molecule has 1 saturated carbocycles. The lowest BCUT2D eigenvalue weighted by Gasteiger charge is -2.30. The van der Waals surface area contributed by atoms with Gasteiger partial charge in [0.1, 0.15) is 11.9 Å². The number of rotatable bonds is 7. The van der Waals surface area contributed by atoms with Crippen molar-refractivity contribution in [2.75, 3.05) is 7.11 Å². The average Bonchev–Trinajstić information content (AvgIpc) is 2.50. The molecule has 5 heteroatoms. The zero-order valence-electron chi connectivity index (χ0n) is 13.3. The quantitative estimate of drug-likeness (QED) is 0.760. The van der Waals surface area contributed by atoms with E-state index in [9.17, 15) is 9.50 Å². The summed E-state index contributed by atoms with van der Waals surface area (Å²) in [4.78, 5) is 0. The Hall–Kier alpha value is -1.01. The van der Waals surface area contributed by atoms with Gasteiger partial charge in [-0.25, -0.2) is 4.39 Å². The van der Waals surface area contributed by atoms with Crippen LogP contribution in [0, 0.1) is 5.82 Å². The van der Waals surface area contributed by atoms with Gasteiger partial charge in [0, 0.05) is 18.7 Å². The smallest absolute Gasteiger partial charge is 0.214 e. The molecule has 1 aromatic rings. The fourth-order valence-corrected chi connectivity index (χ4v) is 3.06. The van der Waals surface area contributed by atoms with Gasteiger partial charge in [-0.05, 0) is 25.8 Å². The van der Waals surface area contributed by atoms with Crippen LogP contribution in [-0.2, 0) is 9.47 Å². The lowest BCUT2D eigenvalue weighted by atomic mass is 9.96. The molecule has 0 radical (unpaired) electrons. The SMILES string of the molecule is CO[C@@H](c1ccccc1F)[C@H](C)OC(O)NC1CCCCC1. The number of benzene rings is 1. The zero-order chi connectivity index (χ0) is 15.9. The van der Waals surface area contributed by atoms with Crippen LogP contribution in [-0.4, -0.2) is 30.8 Å². The molecule has 0 bridgehead atoms. The first kappa shape index (κ1) is 17.3. The third kappa shape index (κ3) is 4.74. The van der Waals surface area contributed by atoms with Crippen LogP contribution in [0.15, 0.2) is 24.3 Å². The minimum absolute atomic E-state index is 0.283. The van der Waals surface area contributed by atoms with E-state index in [2.05, 4.69) is 5.32 Å². The Kier molecular flexibility index (Phi) is 6.76. The summed E-state index contributed by atoms with van der Waals surface area (Å²) < 4.78 is 24.8. The number of halogens is 1. The van der Waals surface area contributed by atoms with Crippen LogP contribution in [0.2, 0.25) is 0 Å². The molecule has 2 rings (SSSR count). The Labute approximate surface area is 131 Å². The van der Waals surface area contributed by atoms with Gasteiger partial charge in [-0.2, -0.15) is 0 Å². The summed E-state index contributed by atoms with van der Waals surface area (Å²) >= 11 is 0. The summed E-state index contributed by atoms with van der Waals surface area (Å²) in [6.45, 7) is 1.77. The third-order valence-corrected chi connectivity index (χ3v) is 4.22. The number of aliphatic hydroxyl groups excluding tert-OH is 1. The van der Waals surface area contributed by atoms with Crippen molar-refractivity contribution in [3.63, 3.8) is 0 Å². The lowest BCUT2D eigenvalue weighted by Crippen LogP contribution is -2.43. The fourth-order valence-electron chi connectivity index (χ4n) is 3.06. The normalized spacial score (nSPS) is 20.5. The van der Waals surface area contributed by atoms with Gasteiger partial charge in [0.15, 0.2) is 0 Å². The van der Waals surface area contributed by atoms with Crippen molar-refractivity contribution in [2.24, 2.45) is 0 Å². The molecule has 3 atom stereocenters. The van der Waals surface area contributed by atoms with Crippen LogP contribution < -0.4 is 5.32 Å². The molecular formula is C17H26FNO3. The largest absolute Gasteiger partial charge is 0.374 e. The summed E-state index contributed by atoms with van der Waals surface area (Å²) in [5.41, 5.74) is 0.433. The monoisotopic (exact) mass is 311 g/mol. The molecule has 0 saturated heterocycles. The molecule has 1 aromatic carbocycles. The van der Waals surface area contributed by atoms with Gasteiger partial charge in [-0.15, -0.1) is 0 Å². The highest BCUT2D eigenvalue weighted by molar-refractivity contribution is 5.20. The molecule has 0 spiro atoms. The van der Waals surface area contributed by atoms with Crippen LogP contribution in [0.4, 0.5) is 4.39 Å². The summed E-state index contributed by atoms with van der Waals surface area (Å²) in [6.07, 6.45) is 3.60. The highest BCUT2D eigenvalue weighted by Crippen LogP contribution is 2.26. The van der Waals surface area contributed by atoms with E-state index >= 15 is 0 Å². The van der Waals surface area contributed by atoms with E-state index in [1.54, 1.807) is 25.1 Å². The minimum Gasteiger partial charge on any atom is -0.374 e. The van der Waals surface area contributed by atoms with Gasteiger partial charge in [0.05, 0.1) is 6.10 Å². The van der Waals surface area contributed by atoms with Gasteiger partial charge in [-0.3, -0.25) is 5.32 Å². The Bertz CT molecular complexity index is 451. The molecule has 1 unspecified atom stereocenters. The maximum atomic E-state index is 13.9. The van der Waals surface area contributed by atoms with Crippen molar-refractivity contribution in [3.05, 3.63) is 35.6 Å². The number of hydrogen-bond donors (Lipinski definition) is 2. The molecule has 1 fully saturated rings. The van der Waals surface area contributed by atoms with Gasteiger partial charge >= 0.3 is 0 Å². The molecule has 1 aliphatic rings. The van der Waals surface area contributed by atoms with Crippen molar-refractivity contribution in [3.8, 4) is 0 Å². The average molecular weight is 311 g/mol. The van der Waals surface area contributed by atoms with Gasteiger partial charge in [0.2, 0.25) is 6.41 Å². The van der Waals surface area contributed by atoms with E-state index in [1.807, 2.05) is 0 Å². The van der Waals surface area contributed by atoms with E-state index in [0.717, 1.165) is 12.8 Å². The van der Waals surface area contributed by atoms with E-state index in [4.69, 9.17) is 9.47 Å². The van der Waals surface area contributed by atoms with E-state index in [-0.39, 0.29) is 11.9 Å². The van der Waals surface area contributed by atoms with E-state index in [0.29, 0.717) is 5.56 Å². The Morgan fingerprint density at radius 1 is 1.23 bits per heavy atom. The van der Waals surface area contributed by atoms with E-state index in [1.165, 1.54) is 32.4 Å². The molecule has 1 aliphatic carbocycles. The maximum absolute atomic E-state index is 13.9. The van der Waals surface area contributed by atoms with Gasteiger partial charge in [0.25, 0.3) is 0 Å². The summed E-state index contributed by atoms with van der Waals surface area (Å²) in [7, 11) is 1.51. The van der Waals surface area contributed by atoms with Crippen LogP contribution in [0.5, 0.6) is 0 Å². The lowest BCUT2D eigenvalue weighted by molar-refractivity contribution is -0.184. The number of ether oxygens (including phenoxy) is 2. The standard InChI is InChI=1S/C17H26FNO3/c1-12(16(21-2)14-10-6-7-11-15(14)18)22-17(20)19-13-8-4-3-5-9-13/h6-7,10-13,16-17,19-20H,3-5,8-9H2,1-2H3/t12-,16+,17?/m0/s1. The first-order chi connectivity index (χ1) is 10.6. The first-order valence-electron chi connectivity index (χ1n) is 7.98. The minimum atomic E-state index is -1.07. The summed E-state index contributed by atoms with van der Waals surface area (Å²) in [6, 6.07) is 6.74. The predicted octanol–water partition coefficient (Wildman–Crippen LogP) is 3.12. The van der Waals surface area contributed by atoms with Gasteiger partial charge in [-0.1, -0.05) is 37.5 Å². The van der Waals surface area contributed by atoms with Crippen LogP contribution in [0.3, 0.4) is 0 Å². The second-order valence-electron chi connectivity index (χ2n) is 5.87. The topological polar surface area (TPSA) is 50.7 Å². The van der Waals surface area contributed by atoms with Crippen LogP contribution in [0.25, 0.3) is 0 Å². The maximum Gasteiger partial charge on any atom is 0.214 e. The molecule has 124 valence electrons. The molecule has 0 aliphatic heterocycles.